The molecule has 1 saturated carbocycles. The van der Waals surface area contributed by atoms with Gasteiger partial charge in [-0.05, 0) is 44.2 Å². The topological polar surface area (TPSA) is 54.7 Å². The average molecular weight is 376 g/mol. The fourth-order valence-electron chi connectivity index (χ4n) is 3.32. The first-order chi connectivity index (χ1) is 12.3. The fraction of sp³-hybridized carbons (Fsp3) is 0.722. The molecule has 0 radical (unpaired) electrons. The van der Waals surface area contributed by atoms with E-state index in [9.17, 15) is 13.2 Å². The maximum Gasteiger partial charge on any atom is 0.490 e. The Labute approximate surface area is 151 Å². The van der Waals surface area contributed by atoms with Crippen molar-refractivity contribution in [3.63, 3.8) is 0 Å². The van der Waals surface area contributed by atoms with Crippen LogP contribution in [0.3, 0.4) is 0 Å². The van der Waals surface area contributed by atoms with Crippen LogP contribution in [0.1, 0.15) is 38.3 Å². The number of hydrogen-bond acceptors (Lipinski definition) is 3. The molecule has 1 aliphatic carbocycles. The second-order valence-corrected chi connectivity index (χ2v) is 6.82. The van der Waals surface area contributed by atoms with E-state index in [1.54, 1.807) is 0 Å². The molecule has 1 aromatic heterocycles. The second-order valence-electron chi connectivity index (χ2n) is 6.82. The van der Waals surface area contributed by atoms with Crippen LogP contribution in [-0.4, -0.2) is 52.5 Å². The molecule has 1 fully saturated rings. The number of alkyl halides is 3. The smallest absolute Gasteiger partial charge is 0.475 e. The molecule has 1 atom stereocenters. The summed E-state index contributed by atoms with van der Waals surface area (Å²) < 4.78 is 39.7. The highest BCUT2D eigenvalue weighted by Crippen LogP contribution is 2.29. The highest BCUT2D eigenvalue weighted by Gasteiger charge is 2.38. The van der Waals surface area contributed by atoms with Crippen molar-refractivity contribution >= 4 is 5.97 Å². The van der Waals surface area contributed by atoms with Gasteiger partial charge in [-0.2, -0.15) is 13.2 Å². The molecule has 0 spiro atoms. The van der Waals surface area contributed by atoms with E-state index in [0.717, 1.165) is 31.7 Å². The maximum atomic E-state index is 10.6. The average Bonchev–Trinajstić information content (AvgIpc) is 2.85. The van der Waals surface area contributed by atoms with E-state index in [0.29, 0.717) is 0 Å². The van der Waals surface area contributed by atoms with Gasteiger partial charge in [0, 0.05) is 50.8 Å². The SMILES string of the molecule is CCOCCC1CN(C2CCC2)Cc2cccn2C1.O=C(O)C(F)(F)F. The van der Waals surface area contributed by atoms with Gasteiger partial charge < -0.3 is 14.4 Å². The Morgan fingerprint density at radius 3 is 2.58 bits per heavy atom. The van der Waals surface area contributed by atoms with E-state index in [1.165, 1.54) is 44.5 Å². The molecule has 148 valence electrons. The summed E-state index contributed by atoms with van der Waals surface area (Å²) in [5, 5.41) is 7.12. The van der Waals surface area contributed by atoms with E-state index in [-0.39, 0.29) is 0 Å². The van der Waals surface area contributed by atoms with Crippen molar-refractivity contribution < 1.29 is 27.8 Å². The summed E-state index contributed by atoms with van der Waals surface area (Å²) in [5.74, 6) is -2.02. The third-order valence-electron chi connectivity index (χ3n) is 4.94. The van der Waals surface area contributed by atoms with Crippen LogP contribution < -0.4 is 0 Å². The minimum absolute atomic E-state index is 0.737. The van der Waals surface area contributed by atoms with Crippen LogP contribution in [0.5, 0.6) is 0 Å². The number of ether oxygens (including phenoxy) is 1. The molecule has 26 heavy (non-hydrogen) atoms. The summed E-state index contributed by atoms with van der Waals surface area (Å²) in [6.07, 6.45) is 2.57. The first-order valence-electron chi connectivity index (χ1n) is 9.07. The number of nitrogens with zero attached hydrogens (tertiary/aromatic N) is 2. The van der Waals surface area contributed by atoms with Crippen molar-refractivity contribution in [2.75, 3.05) is 19.8 Å². The summed E-state index contributed by atoms with van der Waals surface area (Å²) in [6, 6.07) is 5.33. The molecule has 3 rings (SSSR count). The van der Waals surface area contributed by atoms with Crippen molar-refractivity contribution in [2.24, 2.45) is 5.92 Å². The van der Waals surface area contributed by atoms with Crippen LogP contribution >= 0.6 is 0 Å². The molecule has 5 nitrogen and oxygen atoms in total. The van der Waals surface area contributed by atoms with E-state index >= 15 is 0 Å². The van der Waals surface area contributed by atoms with Crippen molar-refractivity contribution in [1.82, 2.24) is 9.47 Å². The first kappa shape index (κ1) is 20.8. The number of fused-ring (bicyclic) bond motifs is 1. The number of carbonyl (C=O) groups is 1. The van der Waals surface area contributed by atoms with Gasteiger partial charge in [-0.25, -0.2) is 4.79 Å². The Morgan fingerprint density at radius 2 is 2.04 bits per heavy atom. The number of aliphatic carboxylic acids is 1. The Kier molecular flexibility index (Phi) is 7.52. The first-order valence-corrected chi connectivity index (χ1v) is 9.07. The Morgan fingerprint density at radius 1 is 1.35 bits per heavy atom. The molecule has 2 heterocycles. The molecule has 0 aromatic carbocycles. The number of carboxylic acid groups (broad SMARTS) is 1. The van der Waals surface area contributed by atoms with Crippen molar-refractivity contribution in [3.05, 3.63) is 24.0 Å². The lowest BCUT2D eigenvalue weighted by Crippen LogP contribution is -2.41. The number of halogens is 3. The molecule has 2 aliphatic rings. The predicted octanol–water partition coefficient (Wildman–Crippen LogP) is 3.53. The van der Waals surface area contributed by atoms with Gasteiger partial charge in [-0.1, -0.05) is 6.42 Å². The number of carboxylic acids is 1. The molecular weight excluding hydrogens is 349 g/mol. The van der Waals surface area contributed by atoms with Crippen LogP contribution in [0.25, 0.3) is 0 Å². The number of rotatable bonds is 5. The lowest BCUT2D eigenvalue weighted by Gasteiger charge is -2.38. The van der Waals surface area contributed by atoms with Gasteiger partial charge in [0.2, 0.25) is 0 Å². The van der Waals surface area contributed by atoms with Crippen molar-refractivity contribution in [1.29, 1.82) is 0 Å². The Balaban J connectivity index is 0.000000298. The van der Waals surface area contributed by atoms with Gasteiger partial charge in [0.05, 0.1) is 0 Å². The monoisotopic (exact) mass is 376 g/mol. The molecule has 1 aliphatic heterocycles. The molecule has 1 unspecified atom stereocenters. The van der Waals surface area contributed by atoms with Crippen LogP contribution in [-0.2, 0) is 22.6 Å². The summed E-state index contributed by atoms with van der Waals surface area (Å²) in [6.45, 7) is 7.39. The number of hydrogen-bond donors (Lipinski definition) is 1. The standard InChI is InChI=1S/C16H26N2O.C2HF3O2/c1-2-19-10-8-14-11-17-9-4-7-16(17)13-18(12-14)15-5-3-6-15;3-2(4,5)1(6)7/h4,7,9,14-15H,2-3,5-6,8,10-13H2,1H3;(H,6,7). The molecule has 8 heteroatoms. The minimum atomic E-state index is -5.08. The highest BCUT2D eigenvalue weighted by atomic mass is 19.4. The number of aromatic nitrogens is 1. The van der Waals surface area contributed by atoms with Crippen molar-refractivity contribution in [3.8, 4) is 0 Å². The van der Waals surface area contributed by atoms with Crippen molar-refractivity contribution in [2.45, 2.75) is 57.9 Å². The zero-order chi connectivity index (χ0) is 19.2. The normalized spacial score (nSPS) is 21.2. The van der Waals surface area contributed by atoms with E-state index in [4.69, 9.17) is 14.6 Å². The van der Waals surface area contributed by atoms with Gasteiger partial charge in [-0.15, -0.1) is 0 Å². The van der Waals surface area contributed by atoms with Crippen LogP contribution in [0.15, 0.2) is 18.3 Å². The quantitative estimate of drug-likeness (QED) is 0.799. The molecule has 1 N–H and O–H groups in total. The van der Waals surface area contributed by atoms with Gasteiger partial charge in [0.25, 0.3) is 0 Å². The molecule has 1 aromatic rings. The maximum absolute atomic E-state index is 10.6. The summed E-state index contributed by atoms with van der Waals surface area (Å²) in [4.78, 5) is 11.6. The molecule has 0 saturated heterocycles. The van der Waals surface area contributed by atoms with Crippen LogP contribution in [0, 0.1) is 5.92 Å². The lowest BCUT2D eigenvalue weighted by molar-refractivity contribution is -0.192. The second kappa shape index (κ2) is 9.41. The van der Waals surface area contributed by atoms with E-state index in [2.05, 4.69) is 34.7 Å². The third-order valence-corrected chi connectivity index (χ3v) is 4.94. The van der Waals surface area contributed by atoms with Gasteiger partial charge >= 0.3 is 12.1 Å². The van der Waals surface area contributed by atoms with E-state index in [1.807, 2.05) is 0 Å². The zero-order valence-corrected chi connectivity index (χ0v) is 15.0. The Bertz CT molecular complexity index is 570. The largest absolute Gasteiger partial charge is 0.490 e. The summed E-state index contributed by atoms with van der Waals surface area (Å²) >= 11 is 0. The van der Waals surface area contributed by atoms with Crippen LogP contribution in [0.2, 0.25) is 0 Å². The van der Waals surface area contributed by atoms with Gasteiger partial charge in [-0.3, -0.25) is 4.90 Å². The molecular formula is C18H27F3N2O3. The summed E-state index contributed by atoms with van der Waals surface area (Å²) in [5.41, 5.74) is 1.49. The van der Waals surface area contributed by atoms with Gasteiger partial charge in [0.1, 0.15) is 0 Å². The fourth-order valence-corrected chi connectivity index (χ4v) is 3.32. The highest BCUT2D eigenvalue weighted by molar-refractivity contribution is 5.73. The van der Waals surface area contributed by atoms with Crippen LogP contribution in [0.4, 0.5) is 13.2 Å². The Hall–Kier alpha value is -1.54. The molecule has 0 bridgehead atoms. The minimum Gasteiger partial charge on any atom is -0.475 e. The zero-order valence-electron chi connectivity index (χ0n) is 15.0. The van der Waals surface area contributed by atoms with Gasteiger partial charge in [0.15, 0.2) is 0 Å². The molecule has 0 amide bonds. The predicted molar refractivity (Wildman–Crippen MR) is 90.8 cm³/mol. The third kappa shape index (κ3) is 6.02. The van der Waals surface area contributed by atoms with E-state index < -0.39 is 12.1 Å². The lowest BCUT2D eigenvalue weighted by atomic mass is 9.90. The summed E-state index contributed by atoms with van der Waals surface area (Å²) in [7, 11) is 0.